The SMILES string of the molecule is CCc1ccc(N(C)CCOc2cccc(Br)c2)cc1. The Morgan fingerprint density at radius 3 is 2.50 bits per heavy atom. The molecule has 0 N–H and O–H groups in total. The fraction of sp³-hybridized carbons (Fsp3) is 0.294. The molecular formula is C17H20BrNO. The summed E-state index contributed by atoms with van der Waals surface area (Å²) in [5, 5.41) is 0. The molecule has 0 radical (unpaired) electrons. The molecule has 0 heterocycles. The zero-order chi connectivity index (χ0) is 14.4. The van der Waals surface area contributed by atoms with E-state index in [9.17, 15) is 0 Å². The molecular weight excluding hydrogens is 314 g/mol. The first-order valence-corrected chi connectivity index (χ1v) is 7.67. The van der Waals surface area contributed by atoms with Crippen molar-refractivity contribution in [2.75, 3.05) is 25.1 Å². The summed E-state index contributed by atoms with van der Waals surface area (Å²) in [4.78, 5) is 2.21. The molecule has 3 heteroatoms. The Bertz CT molecular complexity index is 539. The average molecular weight is 334 g/mol. The van der Waals surface area contributed by atoms with Crippen molar-refractivity contribution in [2.24, 2.45) is 0 Å². The molecule has 0 unspecified atom stereocenters. The topological polar surface area (TPSA) is 12.5 Å². The lowest BCUT2D eigenvalue weighted by Crippen LogP contribution is -2.23. The summed E-state index contributed by atoms with van der Waals surface area (Å²) in [7, 11) is 2.09. The molecule has 0 fully saturated rings. The third-order valence-corrected chi connectivity index (χ3v) is 3.77. The second-order valence-corrected chi connectivity index (χ2v) is 5.66. The Labute approximate surface area is 129 Å². The van der Waals surface area contributed by atoms with Gasteiger partial charge in [0, 0.05) is 17.2 Å². The highest BCUT2D eigenvalue weighted by atomic mass is 79.9. The minimum absolute atomic E-state index is 0.669. The number of halogens is 1. The van der Waals surface area contributed by atoms with Crippen molar-refractivity contribution in [3.63, 3.8) is 0 Å². The number of hydrogen-bond acceptors (Lipinski definition) is 2. The third kappa shape index (κ3) is 4.27. The van der Waals surface area contributed by atoms with E-state index in [0.717, 1.165) is 23.2 Å². The van der Waals surface area contributed by atoms with Crippen LogP contribution in [0.3, 0.4) is 0 Å². The molecule has 20 heavy (non-hydrogen) atoms. The van der Waals surface area contributed by atoms with Gasteiger partial charge in [-0.3, -0.25) is 0 Å². The van der Waals surface area contributed by atoms with Crippen LogP contribution in [-0.4, -0.2) is 20.2 Å². The fourth-order valence-electron chi connectivity index (χ4n) is 1.97. The molecule has 0 saturated heterocycles. The van der Waals surface area contributed by atoms with Crippen molar-refractivity contribution in [2.45, 2.75) is 13.3 Å². The van der Waals surface area contributed by atoms with Crippen LogP contribution in [0.25, 0.3) is 0 Å². The largest absolute Gasteiger partial charge is 0.492 e. The molecule has 0 aliphatic carbocycles. The van der Waals surface area contributed by atoms with E-state index in [1.165, 1.54) is 11.3 Å². The Morgan fingerprint density at radius 2 is 1.85 bits per heavy atom. The quantitative estimate of drug-likeness (QED) is 0.770. The molecule has 0 atom stereocenters. The third-order valence-electron chi connectivity index (χ3n) is 3.28. The van der Waals surface area contributed by atoms with Crippen LogP contribution in [0.15, 0.2) is 53.0 Å². The maximum atomic E-state index is 5.75. The zero-order valence-corrected chi connectivity index (χ0v) is 13.6. The van der Waals surface area contributed by atoms with E-state index >= 15 is 0 Å². The number of rotatable bonds is 6. The highest BCUT2D eigenvalue weighted by Crippen LogP contribution is 2.18. The van der Waals surface area contributed by atoms with E-state index in [-0.39, 0.29) is 0 Å². The van der Waals surface area contributed by atoms with E-state index in [4.69, 9.17) is 4.74 Å². The van der Waals surface area contributed by atoms with Crippen LogP contribution in [-0.2, 0) is 6.42 Å². The first kappa shape index (κ1) is 14.9. The number of anilines is 1. The van der Waals surface area contributed by atoms with Gasteiger partial charge in [-0.2, -0.15) is 0 Å². The van der Waals surface area contributed by atoms with Crippen molar-refractivity contribution in [1.29, 1.82) is 0 Å². The molecule has 2 rings (SSSR count). The van der Waals surface area contributed by atoms with E-state index in [0.29, 0.717) is 6.61 Å². The van der Waals surface area contributed by atoms with Gasteiger partial charge in [-0.25, -0.2) is 0 Å². The summed E-state index contributed by atoms with van der Waals surface area (Å²) >= 11 is 3.44. The summed E-state index contributed by atoms with van der Waals surface area (Å²) in [6, 6.07) is 16.6. The first-order valence-electron chi connectivity index (χ1n) is 6.87. The van der Waals surface area contributed by atoms with Crippen LogP contribution in [0.2, 0.25) is 0 Å². The Hall–Kier alpha value is -1.48. The first-order chi connectivity index (χ1) is 9.69. The second kappa shape index (κ2) is 7.34. The summed E-state index contributed by atoms with van der Waals surface area (Å²) in [6.45, 7) is 3.70. The van der Waals surface area contributed by atoms with Crippen molar-refractivity contribution >= 4 is 21.6 Å². The van der Waals surface area contributed by atoms with Gasteiger partial charge < -0.3 is 9.64 Å². The molecule has 0 bridgehead atoms. The highest BCUT2D eigenvalue weighted by Gasteiger charge is 2.01. The van der Waals surface area contributed by atoms with Gasteiger partial charge in [0.05, 0.1) is 6.54 Å². The predicted octanol–water partition coefficient (Wildman–Crippen LogP) is 4.53. The maximum absolute atomic E-state index is 5.75. The smallest absolute Gasteiger partial charge is 0.120 e. The van der Waals surface area contributed by atoms with E-state index in [1.54, 1.807) is 0 Å². The molecule has 106 valence electrons. The van der Waals surface area contributed by atoms with E-state index in [2.05, 4.69) is 59.1 Å². The number of ether oxygens (including phenoxy) is 1. The maximum Gasteiger partial charge on any atom is 0.120 e. The summed E-state index contributed by atoms with van der Waals surface area (Å²) < 4.78 is 6.79. The monoisotopic (exact) mass is 333 g/mol. The van der Waals surface area contributed by atoms with Gasteiger partial charge >= 0.3 is 0 Å². The highest BCUT2D eigenvalue weighted by molar-refractivity contribution is 9.10. The van der Waals surface area contributed by atoms with E-state index in [1.807, 2.05) is 24.3 Å². The number of nitrogens with zero attached hydrogens (tertiary/aromatic N) is 1. The van der Waals surface area contributed by atoms with Gasteiger partial charge in [0.25, 0.3) is 0 Å². The number of hydrogen-bond donors (Lipinski definition) is 0. The molecule has 0 aromatic heterocycles. The van der Waals surface area contributed by atoms with Gasteiger partial charge in [0.1, 0.15) is 12.4 Å². The molecule has 0 aliphatic rings. The lowest BCUT2D eigenvalue weighted by atomic mass is 10.1. The van der Waals surface area contributed by atoms with Gasteiger partial charge in [-0.1, -0.05) is 41.1 Å². The van der Waals surface area contributed by atoms with Gasteiger partial charge in [-0.15, -0.1) is 0 Å². The number of aryl methyl sites for hydroxylation is 1. The van der Waals surface area contributed by atoms with E-state index < -0.39 is 0 Å². The molecule has 0 aliphatic heterocycles. The van der Waals surface area contributed by atoms with Crippen LogP contribution >= 0.6 is 15.9 Å². The van der Waals surface area contributed by atoms with Crippen LogP contribution in [0.5, 0.6) is 5.75 Å². The van der Waals surface area contributed by atoms with Crippen molar-refractivity contribution in [3.8, 4) is 5.75 Å². The van der Waals surface area contributed by atoms with Crippen LogP contribution in [0.4, 0.5) is 5.69 Å². The normalized spacial score (nSPS) is 10.3. The Kier molecular flexibility index (Phi) is 5.48. The molecule has 2 nitrogen and oxygen atoms in total. The van der Waals surface area contributed by atoms with Gasteiger partial charge in [0.2, 0.25) is 0 Å². The Morgan fingerprint density at radius 1 is 1.10 bits per heavy atom. The summed E-state index contributed by atoms with van der Waals surface area (Å²) in [5.41, 5.74) is 2.59. The molecule has 0 spiro atoms. The van der Waals surface area contributed by atoms with Crippen molar-refractivity contribution in [1.82, 2.24) is 0 Å². The minimum atomic E-state index is 0.669. The predicted molar refractivity (Wildman–Crippen MR) is 88.7 cm³/mol. The second-order valence-electron chi connectivity index (χ2n) is 4.75. The number of likely N-dealkylation sites (N-methyl/N-ethyl adjacent to an activating group) is 1. The van der Waals surface area contributed by atoms with Crippen LogP contribution in [0.1, 0.15) is 12.5 Å². The zero-order valence-electron chi connectivity index (χ0n) is 12.0. The standard InChI is InChI=1S/C17H20BrNO/c1-3-14-7-9-16(10-8-14)19(2)11-12-20-17-6-4-5-15(18)13-17/h4-10,13H,3,11-12H2,1-2H3. The fourth-order valence-corrected chi connectivity index (χ4v) is 2.35. The lowest BCUT2D eigenvalue weighted by Gasteiger charge is -2.19. The van der Waals surface area contributed by atoms with Crippen molar-refractivity contribution < 1.29 is 4.74 Å². The number of benzene rings is 2. The lowest BCUT2D eigenvalue weighted by molar-refractivity contribution is 0.326. The Balaban J connectivity index is 1.83. The molecule has 2 aromatic rings. The van der Waals surface area contributed by atoms with Crippen LogP contribution in [0, 0.1) is 0 Å². The molecule has 0 saturated carbocycles. The minimum Gasteiger partial charge on any atom is -0.492 e. The summed E-state index contributed by atoms with van der Waals surface area (Å²) in [5.74, 6) is 0.897. The summed E-state index contributed by atoms with van der Waals surface area (Å²) in [6.07, 6.45) is 1.08. The van der Waals surface area contributed by atoms with Gasteiger partial charge in [-0.05, 0) is 42.3 Å². The van der Waals surface area contributed by atoms with Crippen LogP contribution < -0.4 is 9.64 Å². The molecule has 2 aromatic carbocycles. The average Bonchev–Trinajstić information content (AvgIpc) is 2.47. The van der Waals surface area contributed by atoms with Crippen molar-refractivity contribution in [3.05, 3.63) is 58.6 Å². The molecule has 0 amide bonds. The van der Waals surface area contributed by atoms with Gasteiger partial charge in [0.15, 0.2) is 0 Å².